The molecule has 5 atom stereocenters. The summed E-state index contributed by atoms with van der Waals surface area (Å²) in [6.07, 6.45) is 5.59. The topological polar surface area (TPSA) is 20.2 Å². The molecule has 2 fully saturated rings. The molecule has 0 amide bonds. The lowest BCUT2D eigenvalue weighted by Gasteiger charge is -2.48. The predicted molar refractivity (Wildman–Crippen MR) is 66.0 cm³/mol. The average molecular weight is 220 g/mol. The van der Waals surface area contributed by atoms with Crippen LogP contribution in [0.2, 0.25) is 0 Å². The molecule has 16 heavy (non-hydrogen) atoms. The van der Waals surface area contributed by atoms with Crippen LogP contribution in [-0.4, -0.2) is 11.2 Å². The van der Waals surface area contributed by atoms with Crippen LogP contribution in [0.4, 0.5) is 0 Å². The van der Waals surface area contributed by atoms with Gasteiger partial charge in [-0.15, -0.1) is 0 Å². The summed E-state index contributed by atoms with van der Waals surface area (Å²) in [5, 5.41) is 10.3. The summed E-state index contributed by atoms with van der Waals surface area (Å²) in [5.41, 5.74) is 2.23. The lowest BCUT2D eigenvalue weighted by atomic mass is 9.58. The number of rotatable bonds is 0. The first kappa shape index (κ1) is 10.8. The summed E-state index contributed by atoms with van der Waals surface area (Å²) < 4.78 is 0. The van der Waals surface area contributed by atoms with Crippen molar-refractivity contribution in [2.24, 2.45) is 28.6 Å². The van der Waals surface area contributed by atoms with Crippen molar-refractivity contribution < 1.29 is 5.11 Å². The average Bonchev–Trinajstić information content (AvgIpc) is 2.76. The summed E-state index contributed by atoms with van der Waals surface area (Å²) in [4.78, 5) is 0. The largest absolute Gasteiger partial charge is 0.392 e. The van der Waals surface area contributed by atoms with E-state index in [1.54, 1.807) is 5.57 Å². The minimum Gasteiger partial charge on any atom is -0.392 e. The molecular formula is C15H24O. The van der Waals surface area contributed by atoms with Crippen LogP contribution in [0.15, 0.2) is 11.6 Å². The molecule has 0 aliphatic heterocycles. The summed E-state index contributed by atoms with van der Waals surface area (Å²) in [6.45, 7) is 9.44. The first-order chi connectivity index (χ1) is 7.39. The van der Waals surface area contributed by atoms with E-state index in [1.807, 2.05) is 0 Å². The van der Waals surface area contributed by atoms with Crippen LogP contribution in [0.1, 0.15) is 47.0 Å². The van der Waals surface area contributed by atoms with Gasteiger partial charge in [0.05, 0.1) is 6.10 Å². The Labute approximate surface area is 98.9 Å². The molecule has 5 unspecified atom stereocenters. The number of aliphatic hydroxyl groups excluding tert-OH is 1. The van der Waals surface area contributed by atoms with Gasteiger partial charge in [-0.3, -0.25) is 0 Å². The van der Waals surface area contributed by atoms with Gasteiger partial charge < -0.3 is 5.11 Å². The molecule has 3 rings (SSSR count). The van der Waals surface area contributed by atoms with Gasteiger partial charge in [-0.1, -0.05) is 32.4 Å². The monoisotopic (exact) mass is 220 g/mol. The van der Waals surface area contributed by atoms with Gasteiger partial charge >= 0.3 is 0 Å². The standard InChI is InChI=1S/C15H24O/c1-9-5-6-11(16)15(4)8-7-10-13(12(9)15)14(10,2)3/h5,10-13,16H,6-8H2,1-4H3. The quantitative estimate of drug-likeness (QED) is 0.620. The van der Waals surface area contributed by atoms with Crippen LogP contribution in [0, 0.1) is 28.6 Å². The zero-order valence-electron chi connectivity index (χ0n) is 11.0. The highest BCUT2D eigenvalue weighted by atomic mass is 16.3. The van der Waals surface area contributed by atoms with E-state index < -0.39 is 0 Å². The molecule has 0 aromatic carbocycles. The van der Waals surface area contributed by atoms with Crippen LogP contribution in [0.5, 0.6) is 0 Å². The van der Waals surface area contributed by atoms with E-state index in [0.29, 0.717) is 11.3 Å². The second-order valence-corrected chi connectivity index (χ2v) is 7.18. The Morgan fingerprint density at radius 2 is 2.00 bits per heavy atom. The SMILES string of the molecule is CC1=CCC(O)C2(C)CCC3C(C12)C3(C)C. The first-order valence-corrected chi connectivity index (χ1v) is 6.74. The highest BCUT2D eigenvalue weighted by molar-refractivity contribution is 5.26. The van der Waals surface area contributed by atoms with E-state index in [9.17, 15) is 5.11 Å². The number of hydrogen-bond donors (Lipinski definition) is 1. The van der Waals surface area contributed by atoms with Crippen LogP contribution in [0.3, 0.4) is 0 Å². The van der Waals surface area contributed by atoms with E-state index in [4.69, 9.17) is 0 Å². The predicted octanol–water partition coefficient (Wildman–Crippen LogP) is 3.39. The zero-order valence-corrected chi connectivity index (χ0v) is 11.0. The van der Waals surface area contributed by atoms with Crippen molar-refractivity contribution in [2.45, 2.75) is 53.1 Å². The third kappa shape index (κ3) is 1.11. The summed E-state index contributed by atoms with van der Waals surface area (Å²) in [6, 6.07) is 0. The fraction of sp³-hybridized carbons (Fsp3) is 0.867. The van der Waals surface area contributed by atoms with Crippen LogP contribution >= 0.6 is 0 Å². The molecule has 1 heteroatoms. The van der Waals surface area contributed by atoms with E-state index >= 15 is 0 Å². The van der Waals surface area contributed by atoms with Crippen LogP contribution in [-0.2, 0) is 0 Å². The lowest BCUT2D eigenvalue weighted by Crippen LogP contribution is -2.45. The van der Waals surface area contributed by atoms with E-state index in [1.165, 1.54) is 12.8 Å². The molecule has 90 valence electrons. The molecule has 1 N–H and O–H groups in total. The zero-order chi connectivity index (χ0) is 11.7. The Balaban J connectivity index is 2.02. The van der Waals surface area contributed by atoms with Gasteiger partial charge in [0.1, 0.15) is 0 Å². The van der Waals surface area contributed by atoms with E-state index in [2.05, 4.69) is 33.8 Å². The normalized spacial score (nSPS) is 53.7. The van der Waals surface area contributed by atoms with Gasteiger partial charge in [-0.05, 0) is 49.4 Å². The molecule has 0 aromatic rings. The molecule has 1 nitrogen and oxygen atoms in total. The van der Waals surface area contributed by atoms with Gasteiger partial charge in [-0.2, -0.15) is 0 Å². The van der Waals surface area contributed by atoms with Crippen LogP contribution in [0.25, 0.3) is 0 Å². The summed E-state index contributed by atoms with van der Waals surface area (Å²) >= 11 is 0. The highest BCUT2D eigenvalue weighted by Crippen LogP contribution is 2.73. The second kappa shape index (κ2) is 2.93. The Bertz CT molecular complexity index is 354. The molecule has 0 bridgehead atoms. The van der Waals surface area contributed by atoms with E-state index in [-0.39, 0.29) is 11.5 Å². The molecule has 0 heterocycles. The first-order valence-electron chi connectivity index (χ1n) is 6.74. The maximum absolute atomic E-state index is 10.3. The molecule has 2 saturated carbocycles. The van der Waals surface area contributed by atoms with Crippen molar-refractivity contribution in [3.63, 3.8) is 0 Å². The molecule has 0 spiro atoms. The van der Waals surface area contributed by atoms with Gasteiger partial charge in [0, 0.05) is 5.41 Å². The Morgan fingerprint density at radius 3 is 2.69 bits per heavy atom. The third-order valence-corrected chi connectivity index (χ3v) is 6.12. The second-order valence-electron chi connectivity index (χ2n) is 7.18. The van der Waals surface area contributed by atoms with Crippen molar-refractivity contribution in [2.75, 3.05) is 0 Å². The minimum atomic E-state index is -0.112. The summed E-state index contributed by atoms with van der Waals surface area (Å²) in [5.74, 6) is 2.39. The van der Waals surface area contributed by atoms with Gasteiger partial charge in [-0.25, -0.2) is 0 Å². The fourth-order valence-electron chi connectivity index (χ4n) is 4.90. The molecule has 0 radical (unpaired) electrons. The minimum absolute atomic E-state index is 0.112. The number of allylic oxidation sites excluding steroid dienone is 1. The van der Waals surface area contributed by atoms with Crippen molar-refractivity contribution in [3.8, 4) is 0 Å². The molecule has 0 aromatic heterocycles. The van der Waals surface area contributed by atoms with Crippen molar-refractivity contribution in [3.05, 3.63) is 11.6 Å². The smallest absolute Gasteiger partial charge is 0.0634 e. The van der Waals surface area contributed by atoms with Crippen LogP contribution < -0.4 is 0 Å². The Morgan fingerprint density at radius 1 is 1.31 bits per heavy atom. The third-order valence-electron chi connectivity index (χ3n) is 6.12. The fourth-order valence-corrected chi connectivity index (χ4v) is 4.90. The number of hydrogen-bond acceptors (Lipinski definition) is 1. The number of fused-ring (bicyclic) bond motifs is 3. The Hall–Kier alpha value is -0.300. The van der Waals surface area contributed by atoms with Gasteiger partial charge in [0.2, 0.25) is 0 Å². The van der Waals surface area contributed by atoms with Crippen molar-refractivity contribution in [1.29, 1.82) is 0 Å². The maximum atomic E-state index is 10.3. The van der Waals surface area contributed by atoms with Crippen molar-refractivity contribution in [1.82, 2.24) is 0 Å². The molecule has 3 aliphatic rings. The lowest BCUT2D eigenvalue weighted by molar-refractivity contribution is -0.0328. The van der Waals surface area contributed by atoms with Gasteiger partial charge in [0.15, 0.2) is 0 Å². The highest BCUT2D eigenvalue weighted by Gasteiger charge is 2.67. The summed E-state index contributed by atoms with van der Waals surface area (Å²) in [7, 11) is 0. The molecule has 0 saturated heterocycles. The Kier molecular flexibility index (Phi) is 1.98. The van der Waals surface area contributed by atoms with Gasteiger partial charge in [0.25, 0.3) is 0 Å². The number of aliphatic hydroxyl groups is 1. The molecular weight excluding hydrogens is 196 g/mol. The van der Waals surface area contributed by atoms with Crippen molar-refractivity contribution >= 4 is 0 Å². The maximum Gasteiger partial charge on any atom is 0.0634 e. The molecule has 3 aliphatic carbocycles. The van der Waals surface area contributed by atoms with E-state index in [0.717, 1.165) is 18.3 Å².